The Hall–Kier alpha value is -0.160. The van der Waals surface area contributed by atoms with Gasteiger partial charge in [0, 0.05) is 0 Å². The van der Waals surface area contributed by atoms with Gasteiger partial charge in [-0.05, 0) is 6.92 Å². The third kappa shape index (κ3) is 1.29. The highest BCUT2D eigenvalue weighted by molar-refractivity contribution is 4.83. The lowest BCUT2D eigenvalue weighted by Gasteiger charge is -2.33. The van der Waals surface area contributed by atoms with Crippen molar-refractivity contribution in [3.8, 4) is 0 Å². The maximum absolute atomic E-state index is 9.08. The highest BCUT2D eigenvalue weighted by Crippen LogP contribution is 2.14. The number of hydrogen-bond donors (Lipinski definition) is 3. The van der Waals surface area contributed by atoms with Crippen LogP contribution in [-0.2, 0) is 4.74 Å². The SMILES string of the molecule is CC1OCC(O)C(O)[C@H]1O. The molecule has 1 saturated heterocycles. The fraction of sp³-hybridized carbons (Fsp3) is 1.00. The molecule has 1 aliphatic heterocycles. The van der Waals surface area contributed by atoms with Crippen LogP contribution < -0.4 is 0 Å². The Morgan fingerprint density at radius 2 is 1.80 bits per heavy atom. The van der Waals surface area contributed by atoms with Crippen molar-refractivity contribution < 1.29 is 20.1 Å². The van der Waals surface area contributed by atoms with E-state index in [1.807, 2.05) is 0 Å². The van der Waals surface area contributed by atoms with Crippen molar-refractivity contribution in [2.45, 2.75) is 31.3 Å². The van der Waals surface area contributed by atoms with Gasteiger partial charge in [0.05, 0.1) is 12.7 Å². The number of ether oxygens (including phenoxy) is 1. The maximum atomic E-state index is 9.08. The molecule has 3 unspecified atom stereocenters. The monoisotopic (exact) mass is 148 g/mol. The van der Waals surface area contributed by atoms with Gasteiger partial charge in [-0.2, -0.15) is 0 Å². The summed E-state index contributed by atoms with van der Waals surface area (Å²) in [5, 5.41) is 27.0. The van der Waals surface area contributed by atoms with E-state index in [-0.39, 0.29) is 6.61 Å². The third-order valence-corrected chi connectivity index (χ3v) is 1.75. The first-order valence-electron chi connectivity index (χ1n) is 3.28. The Morgan fingerprint density at radius 3 is 2.30 bits per heavy atom. The fourth-order valence-electron chi connectivity index (χ4n) is 0.953. The van der Waals surface area contributed by atoms with Gasteiger partial charge in [-0.15, -0.1) is 0 Å². The van der Waals surface area contributed by atoms with E-state index in [0.717, 1.165) is 0 Å². The summed E-state index contributed by atoms with van der Waals surface area (Å²) < 4.78 is 4.91. The van der Waals surface area contributed by atoms with Gasteiger partial charge in [-0.1, -0.05) is 0 Å². The van der Waals surface area contributed by atoms with E-state index in [4.69, 9.17) is 20.1 Å². The first-order valence-corrected chi connectivity index (χ1v) is 3.28. The summed E-state index contributed by atoms with van der Waals surface area (Å²) in [5.41, 5.74) is 0. The van der Waals surface area contributed by atoms with E-state index >= 15 is 0 Å². The number of aliphatic hydroxyl groups is 3. The molecule has 1 aliphatic rings. The van der Waals surface area contributed by atoms with Crippen LogP contribution in [0.4, 0.5) is 0 Å². The zero-order chi connectivity index (χ0) is 7.72. The standard InChI is InChI=1S/C6H12O4/c1-3-5(8)6(9)4(7)2-10-3/h3-9H,2H2,1H3/t3?,4?,5-,6?/m0/s1. The Labute approximate surface area is 59.1 Å². The second-order valence-electron chi connectivity index (χ2n) is 2.59. The van der Waals surface area contributed by atoms with E-state index in [2.05, 4.69) is 0 Å². The topological polar surface area (TPSA) is 69.9 Å². The average molecular weight is 148 g/mol. The van der Waals surface area contributed by atoms with Crippen LogP contribution in [-0.4, -0.2) is 46.3 Å². The first-order chi connectivity index (χ1) is 4.63. The predicted octanol–water partition coefficient (Wildman–Crippen LogP) is -1.51. The third-order valence-electron chi connectivity index (χ3n) is 1.75. The minimum Gasteiger partial charge on any atom is -0.388 e. The molecule has 0 amide bonds. The van der Waals surface area contributed by atoms with E-state index < -0.39 is 24.4 Å². The Balaban J connectivity index is 2.52. The molecule has 3 N–H and O–H groups in total. The molecule has 0 radical (unpaired) electrons. The van der Waals surface area contributed by atoms with Gasteiger partial charge in [0.25, 0.3) is 0 Å². The molecule has 10 heavy (non-hydrogen) atoms. The molecule has 4 atom stereocenters. The maximum Gasteiger partial charge on any atom is 0.110 e. The highest BCUT2D eigenvalue weighted by atomic mass is 16.5. The van der Waals surface area contributed by atoms with Crippen molar-refractivity contribution in [3.05, 3.63) is 0 Å². The lowest BCUT2D eigenvalue weighted by Crippen LogP contribution is -2.51. The van der Waals surface area contributed by atoms with Gasteiger partial charge >= 0.3 is 0 Å². The largest absolute Gasteiger partial charge is 0.388 e. The molecule has 0 bridgehead atoms. The number of rotatable bonds is 0. The van der Waals surface area contributed by atoms with E-state index in [9.17, 15) is 0 Å². The molecular formula is C6H12O4. The minimum atomic E-state index is -1.07. The summed E-state index contributed by atoms with van der Waals surface area (Å²) in [6.07, 6.45) is -3.38. The van der Waals surface area contributed by atoms with Crippen LogP contribution in [0, 0.1) is 0 Å². The van der Waals surface area contributed by atoms with Crippen LogP contribution in [0.15, 0.2) is 0 Å². The summed E-state index contributed by atoms with van der Waals surface area (Å²) in [4.78, 5) is 0. The zero-order valence-electron chi connectivity index (χ0n) is 5.77. The molecule has 0 aromatic heterocycles. The number of hydrogen-bond acceptors (Lipinski definition) is 4. The lowest BCUT2D eigenvalue weighted by atomic mass is 10.0. The molecule has 1 fully saturated rings. The van der Waals surface area contributed by atoms with Gasteiger partial charge < -0.3 is 20.1 Å². The second kappa shape index (κ2) is 2.84. The normalized spacial score (nSPS) is 49.2. The molecule has 0 aromatic carbocycles. The van der Waals surface area contributed by atoms with E-state index in [1.54, 1.807) is 6.92 Å². The second-order valence-corrected chi connectivity index (χ2v) is 2.59. The molecule has 0 spiro atoms. The summed E-state index contributed by atoms with van der Waals surface area (Å²) in [7, 11) is 0. The van der Waals surface area contributed by atoms with Crippen LogP contribution >= 0.6 is 0 Å². The molecule has 60 valence electrons. The molecular weight excluding hydrogens is 136 g/mol. The van der Waals surface area contributed by atoms with Crippen LogP contribution in [0.3, 0.4) is 0 Å². The van der Waals surface area contributed by atoms with E-state index in [1.165, 1.54) is 0 Å². The lowest BCUT2D eigenvalue weighted by molar-refractivity contribution is -0.181. The van der Waals surface area contributed by atoms with Gasteiger partial charge in [0.1, 0.15) is 18.3 Å². The molecule has 0 aliphatic carbocycles. The average Bonchev–Trinajstić information content (AvgIpc) is 1.93. The predicted molar refractivity (Wildman–Crippen MR) is 33.4 cm³/mol. The minimum absolute atomic E-state index is 0.0966. The van der Waals surface area contributed by atoms with Crippen LogP contribution in [0.5, 0.6) is 0 Å². The van der Waals surface area contributed by atoms with Crippen molar-refractivity contribution in [2.75, 3.05) is 6.61 Å². The van der Waals surface area contributed by atoms with Gasteiger partial charge in [0.15, 0.2) is 0 Å². The zero-order valence-corrected chi connectivity index (χ0v) is 5.77. The Bertz CT molecular complexity index is 102. The summed E-state index contributed by atoms with van der Waals surface area (Å²) in [6, 6.07) is 0. The van der Waals surface area contributed by atoms with Crippen molar-refractivity contribution in [3.63, 3.8) is 0 Å². The molecule has 4 heteroatoms. The van der Waals surface area contributed by atoms with Gasteiger partial charge in [0.2, 0.25) is 0 Å². The van der Waals surface area contributed by atoms with Gasteiger partial charge in [-0.3, -0.25) is 0 Å². The summed E-state index contributed by atoms with van der Waals surface area (Å²) in [5.74, 6) is 0. The fourth-order valence-corrected chi connectivity index (χ4v) is 0.953. The van der Waals surface area contributed by atoms with Gasteiger partial charge in [-0.25, -0.2) is 0 Å². The molecule has 0 aromatic rings. The highest BCUT2D eigenvalue weighted by Gasteiger charge is 2.34. The van der Waals surface area contributed by atoms with Crippen LogP contribution in [0.25, 0.3) is 0 Å². The smallest absolute Gasteiger partial charge is 0.110 e. The molecule has 4 nitrogen and oxygen atoms in total. The van der Waals surface area contributed by atoms with Crippen molar-refractivity contribution in [2.24, 2.45) is 0 Å². The molecule has 1 heterocycles. The summed E-state index contributed by atoms with van der Waals surface area (Å²) >= 11 is 0. The number of aliphatic hydroxyl groups excluding tert-OH is 3. The van der Waals surface area contributed by atoms with Crippen molar-refractivity contribution in [1.29, 1.82) is 0 Å². The molecule has 1 rings (SSSR count). The Morgan fingerprint density at radius 1 is 1.20 bits per heavy atom. The first kappa shape index (κ1) is 7.94. The van der Waals surface area contributed by atoms with Crippen LogP contribution in [0.2, 0.25) is 0 Å². The van der Waals surface area contributed by atoms with E-state index in [0.29, 0.717) is 0 Å². The van der Waals surface area contributed by atoms with Crippen molar-refractivity contribution in [1.82, 2.24) is 0 Å². The van der Waals surface area contributed by atoms with Crippen LogP contribution in [0.1, 0.15) is 6.92 Å². The quantitative estimate of drug-likeness (QED) is 0.390. The molecule has 0 saturated carbocycles. The van der Waals surface area contributed by atoms with Crippen molar-refractivity contribution >= 4 is 0 Å². The summed E-state index contributed by atoms with van der Waals surface area (Å²) in [6.45, 7) is 1.75. The Kier molecular flexibility index (Phi) is 2.25.